The lowest BCUT2D eigenvalue weighted by Crippen LogP contribution is -2.27. The molecule has 1 aromatic carbocycles. The maximum atomic E-state index is 12.0. The summed E-state index contributed by atoms with van der Waals surface area (Å²) in [6.07, 6.45) is 3.65. The Morgan fingerprint density at radius 1 is 1.33 bits per heavy atom. The Hall–Kier alpha value is -2.90. The zero-order valence-electron chi connectivity index (χ0n) is 13.0. The number of ether oxygens (including phenoxy) is 1. The van der Waals surface area contributed by atoms with Gasteiger partial charge in [0.05, 0.1) is 12.8 Å². The second kappa shape index (κ2) is 7.12. The lowest BCUT2D eigenvalue weighted by Gasteiger charge is -2.12. The van der Waals surface area contributed by atoms with Crippen LogP contribution in [0.1, 0.15) is 28.9 Å². The molecule has 8 heteroatoms. The van der Waals surface area contributed by atoms with Crippen LogP contribution in [0, 0.1) is 5.92 Å². The van der Waals surface area contributed by atoms with Crippen molar-refractivity contribution in [2.45, 2.75) is 25.9 Å². The molecular formula is C16H18N4O4. The molecule has 0 saturated heterocycles. The average molecular weight is 330 g/mol. The van der Waals surface area contributed by atoms with Crippen LogP contribution < -0.4 is 10.1 Å². The highest BCUT2D eigenvalue weighted by Gasteiger charge is 2.22. The minimum absolute atomic E-state index is 0.0919. The number of carbonyl (C=O) groups excluding carboxylic acids is 1. The predicted octanol–water partition coefficient (Wildman–Crippen LogP) is 1.08. The van der Waals surface area contributed by atoms with Gasteiger partial charge in [-0.3, -0.25) is 4.79 Å². The summed E-state index contributed by atoms with van der Waals surface area (Å²) in [4.78, 5) is 22.7. The maximum Gasteiger partial charge on any atom is 0.358 e. The molecule has 0 bridgehead atoms. The van der Waals surface area contributed by atoms with Gasteiger partial charge in [-0.2, -0.15) is 0 Å². The number of nitrogens with zero attached hydrogens (tertiary/aromatic N) is 3. The number of aromatic carboxylic acids is 1. The molecule has 0 radical (unpaired) electrons. The summed E-state index contributed by atoms with van der Waals surface area (Å²) in [5.74, 6) is -0.0285. The van der Waals surface area contributed by atoms with E-state index in [-0.39, 0.29) is 18.1 Å². The van der Waals surface area contributed by atoms with Crippen LogP contribution in [0.4, 0.5) is 0 Å². The number of carboxylic acids is 1. The number of hydrogen-bond acceptors (Lipinski definition) is 5. The van der Waals surface area contributed by atoms with E-state index in [1.807, 2.05) is 24.3 Å². The minimum atomic E-state index is -1.18. The fourth-order valence-electron chi connectivity index (χ4n) is 2.15. The molecule has 1 aliphatic rings. The number of amides is 1. The molecule has 2 N–H and O–H groups in total. The van der Waals surface area contributed by atoms with E-state index in [0.29, 0.717) is 19.1 Å². The highest BCUT2D eigenvalue weighted by atomic mass is 16.5. The molecule has 2 aromatic rings. The number of aromatic nitrogens is 3. The van der Waals surface area contributed by atoms with Crippen molar-refractivity contribution in [3.63, 3.8) is 0 Å². The van der Waals surface area contributed by atoms with Gasteiger partial charge in [-0.05, 0) is 24.8 Å². The van der Waals surface area contributed by atoms with Gasteiger partial charge in [-0.25, -0.2) is 9.48 Å². The number of hydrogen-bond donors (Lipinski definition) is 2. The normalized spacial score (nSPS) is 13.5. The third-order valence-electron chi connectivity index (χ3n) is 3.68. The van der Waals surface area contributed by atoms with Gasteiger partial charge in [0.1, 0.15) is 12.3 Å². The Labute approximate surface area is 138 Å². The first-order valence-corrected chi connectivity index (χ1v) is 7.72. The molecule has 0 aliphatic heterocycles. The number of rotatable bonds is 8. The van der Waals surface area contributed by atoms with Crippen molar-refractivity contribution in [3.05, 3.63) is 41.7 Å². The largest absolute Gasteiger partial charge is 0.493 e. The first-order chi connectivity index (χ1) is 11.6. The Bertz CT molecular complexity index is 739. The van der Waals surface area contributed by atoms with Gasteiger partial charge in [0, 0.05) is 12.1 Å². The molecule has 126 valence electrons. The molecule has 1 heterocycles. The third kappa shape index (κ3) is 4.31. The molecule has 0 atom stereocenters. The van der Waals surface area contributed by atoms with Crippen LogP contribution in [0.2, 0.25) is 0 Å². The Morgan fingerprint density at radius 2 is 2.12 bits per heavy atom. The summed E-state index contributed by atoms with van der Waals surface area (Å²) in [5.41, 5.74) is 0.706. The summed E-state index contributed by atoms with van der Waals surface area (Å²) in [7, 11) is 0. The highest BCUT2D eigenvalue weighted by Crippen LogP contribution is 2.30. The van der Waals surface area contributed by atoms with Crippen LogP contribution in [0.3, 0.4) is 0 Å². The van der Waals surface area contributed by atoms with Crippen molar-refractivity contribution < 1.29 is 19.4 Å². The standard InChI is InChI=1S/C16H18N4O4/c21-15(9-20-8-13(16(22)23)18-19-20)17-7-12-3-1-2-4-14(12)24-10-11-5-6-11/h1-4,8,11H,5-7,9-10H2,(H,17,21)(H,22,23). The minimum Gasteiger partial charge on any atom is -0.493 e. The molecule has 1 fully saturated rings. The molecule has 0 unspecified atom stereocenters. The van der Waals surface area contributed by atoms with Gasteiger partial charge < -0.3 is 15.2 Å². The Morgan fingerprint density at radius 3 is 2.83 bits per heavy atom. The van der Waals surface area contributed by atoms with E-state index in [2.05, 4.69) is 15.6 Å². The maximum absolute atomic E-state index is 12.0. The van der Waals surface area contributed by atoms with E-state index in [9.17, 15) is 9.59 Å². The van der Waals surface area contributed by atoms with E-state index < -0.39 is 5.97 Å². The molecule has 24 heavy (non-hydrogen) atoms. The summed E-state index contributed by atoms with van der Waals surface area (Å²) >= 11 is 0. The van der Waals surface area contributed by atoms with Gasteiger partial charge in [-0.15, -0.1) is 5.10 Å². The first-order valence-electron chi connectivity index (χ1n) is 7.72. The van der Waals surface area contributed by atoms with Crippen LogP contribution in [0.5, 0.6) is 5.75 Å². The lowest BCUT2D eigenvalue weighted by atomic mass is 10.2. The van der Waals surface area contributed by atoms with Gasteiger partial charge in [-0.1, -0.05) is 23.4 Å². The number of nitrogens with one attached hydrogen (secondary N) is 1. The smallest absolute Gasteiger partial charge is 0.358 e. The molecule has 3 rings (SSSR count). The van der Waals surface area contributed by atoms with Crippen molar-refractivity contribution in [1.82, 2.24) is 20.3 Å². The molecule has 1 aromatic heterocycles. The van der Waals surface area contributed by atoms with Gasteiger partial charge in [0.15, 0.2) is 5.69 Å². The fraction of sp³-hybridized carbons (Fsp3) is 0.375. The topological polar surface area (TPSA) is 106 Å². The van der Waals surface area contributed by atoms with E-state index >= 15 is 0 Å². The van der Waals surface area contributed by atoms with Crippen LogP contribution in [0.15, 0.2) is 30.5 Å². The van der Waals surface area contributed by atoms with E-state index in [0.717, 1.165) is 11.3 Å². The second-order valence-corrected chi connectivity index (χ2v) is 5.75. The van der Waals surface area contributed by atoms with Gasteiger partial charge in [0.25, 0.3) is 0 Å². The van der Waals surface area contributed by atoms with Crippen LogP contribution in [0.25, 0.3) is 0 Å². The SMILES string of the molecule is O=C(Cn1cc(C(=O)O)nn1)NCc1ccccc1OCC1CC1. The number of para-hydroxylation sites is 1. The number of carboxylic acid groups (broad SMARTS) is 1. The molecule has 8 nitrogen and oxygen atoms in total. The molecular weight excluding hydrogens is 312 g/mol. The summed E-state index contributed by atoms with van der Waals surface area (Å²) in [6.45, 7) is 0.952. The highest BCUT2D eigenvalue weighted by molar-refractivity contribution is 5.84. The van der Waals surface area contributed by atoms with E-state index in [1.54, 1.807) is 0 Å². The zero-order chi connectivity index (χ0) is 16.9. The van der Waals surface area contributed by atoms with Crippen LogP contribution >= 0.6 is 0 Å². The van der Waals surface area contributed by atoms with E-state index in [4.69, 9.17) is 9.84 Å². The first kappa shape index (κ1) is 16.0. The van der Waals surface area contributed by atoms with Crippen molar-refractivity contribution in [1.29, 1.82) is 0 Å². The summed E-state index contributed by atoms with van der Waals surface area (Å²) < 4.78 is 6.99. The number of carbonyl (C=O) groups is 2. The summed E-state index contributed by atoms with van der Waals surface area (Å²) in [6, 6.07) is 7.58. The van der Waals surface area contributed by atoms with Crippen molar-refractivity contribution in [2.75, 3.05) is 6.61 Å². The molecule has 1 amide bonds. The van der Waals surface area contributed by atoms with Crippen molar-refractivity contribution in [3.8, 4) is 5.75 Å². The van der Waals surface area contributed by atoms with Crippen molar-refractivity contribution in [2.24, 2.45) is 5.92 Å². The molecule has 0 spiro atoms. The zero-order valence-corrected chi connectivity index (χ0v) is 13.0. The third-order valence-corrected chi connectivity index (χ3v) is 3.68. The van der Waals surface area contributed by atoms with Gasteiger partial charge >= 0.3 is 5.97 Å². The Balaban J connectivity index is 1.52. The van der Waals surface area contributed by atoms with Crippen LogP contribution in [-0.4, -0.2) is 38.6 Å². The average Bonchev–Trinajstić information content (AvgIpc) is 3.28. The monoisotopic (exact) mass is 330 g/mol. The van der Waals surface area contributed by atoms with Crippen molar-refractivity contribution >= 4 is 11.9 Å². The fourth-order valence-corrected chi connectivity index (χ4v) is 2.15. The predicted molar refractivity (Wildman–Crippen MR) is 83.5 cm³/mol. The Kier molecular flexibility index (Phi) is 4.74. The summed E-state index contributed by atoms with van der Waals surface area (Å²) in [5, 5.41) is 18.6. The van der Waals surface area contributed by atoms with E-state index in [1.165, 1.54) is 23.7 Å². The quantitative estimate of drug-likeness (QED) is 0.750. The number of benzene rings is 1. The van der Waals surface area contributed by atoms with Gasteiger partial charge in [0.2, 0.25) is 5.91 Å². The second-order valence-electron chi connectivity index (χ2n) is 5.75. The lowest BCUT2D eigenvalue weighted by molar-refractivity contribution is -0.122. The van der Waals surface area contributed by atoms with Crippen LogP contribution in [-0.2, 0) is 17.9 Å². The molecule has 1 aliphatic carbocycles. The molecule has 1 saturated carbocycles.